The van der Waals surface area contributed by atoms with Crippen molar-refractivity contribution in [3.05, 3.63) is 0 Å². The monoisotopic (exact) mass is 214 g/mol. The molecule has 3 atom stereocenters. The van der Waals surface area contributed by atoms with Gasteiger partial charge in [-0.3, -0.25) is 0 Å². The summed E-state index contributed by atoms with van der Waals surface area (Å²) in [5, 5.41) is 9.86. The Morgan fingerprint density at radius 1 is 1.20 bits per heavy atom. The van der Waals surface area contributed by atoms with E-state index < -0.39 is 0 Å². The van der Waals surface area contributed by atoms with E-state index in [0.717, 1.165) is 31.8 Å². The summed E-state index contributed by atoms with van der Waals surface area (Å²) in [4.78, 5) is 0. The first-order valence-corrected chi connectivity index (χ1v) is 6.30. The van der Waals surface area contributed by atoms with E-state index in [0.29, 0.717) is 11.8 Å². The van der Waals surface area contributed by atoms with Gasteiger partial charge < -0.3 is 9.84 Å². The number of hydrogen-bond donors (Lipinski definition) is 1. The molecule has 0 bridgehead atoms. The van der Waals surface area contributed by atoms with Gasteiger partial charge in [0.15, 0.2) is 0 Å². The number of ether oxygens (including phenoxy) is 1. The third kappa shape index (κ3) is 4.12. The summed E-state index contributed by atoms with van der Waals surface area (Å²) in [7, 11) is 0. The van der Waals surface area contributed by atoms with E-state index in [1.165, 1.54) is 0 Å². The lowest BCUT2D eigenvalue weighted by atomic mass is 9.79. The van der Waals surface area contributed by atoms with E-state index in [-0.39, 0.29) is 12.2 Å². The molecule has 0 amide bonds. The van der Waals surface area contributed by atoms with Crippen molar-refractivity contribution < 1.29 is 9.84 Å². The zero-order valence-corrected chi connectivity index (χ0v) is 10.6. The molecule has 1 fully saturated rings. The third-order valence-corrected chi connectivity index (χ3v) is 3.38. The van der Waals surface area contributed by atoms with Crippen LogP contribution in [0.15, 0.2) is 0 Å². The fraction of sp³-hybridized carbons (Fsp3) is 1.00. The predicted molar refractivity (Wildman–Crippen MR) is 62.8 cm³/mol. The maximum Gasteiger partial charge on any atom is 0.0836 e. The molecule has 2 nitrogen and oxygen atoms in total. The van der Waals surface area contributed by atoms with E-state index in [2.05, 4.69) is 27.7 Å². The Hall–Kier alpha value is -0.0800. The highest BCUT2D eigenvalue weighted by molar-refractivity contribution is 4.82. The molecule has 1 rings (SSSR count). The molecule has 0 saturated heterocycles. The van der Waals surface area contributed by atoms with Crippen LogP contribution in [0, 0.1) is 17.8 Å². The molecule has 90 valence electrons. The summed E-state index contributed by atoms with van der Waals surface area (Å²) in [5.41, 5.74) is 0. The molecule has 0 heterocycles. The molecule has 3 unspecified atom stereocenters. The SMILES string of the molecule is CC(C)COC1CC(C(C)C)CCC1O. The van der Waals surface area contributed by atoms with Crippen LogP contribution in [0.25, 0.3) is 0 Å². The molecule has 0 spiro atoms. The average Bonchev–Trinajstić information content (AvgIpc) is 2.16. The maximum atomic E-state index is 9.86. The molecule has 1 aliphatic carbocycles. The first kappa shape index (κ1) is 13.0. The molecular weight excluding hydrogens is 188 g/mol. The molecule has 2 heteroatoms. The van der Waals surface area contributed by atoms with Crippen molar-refractivity contribution in [1.82, 2.24) is 0 Å². The Kier molecular flexibility index (Phi) is 5.07. The number of aliphatic hydroxyl groups is 1. The van der Waals surface area contributed by atoms with Crippen molar-refractivity contribution in [3.8, 4) is 0 Å². The van der Waals surface area contributed by atoms with Crippen molar-refractivity contribution in [2.45, 2.75) is 59.2 Å². The van der Waals surface area contributed by atoms with E-state index in [9.17, 15) is 5.11 Å². The Labute approximate surface area is 94.0 Å². The van der Waals surface area contributed by atoms with E-state index in [1.54, 1.807) is 0 Å². The summed E-state index contributed by atoms with van der Waals surface area (Å²) < 4.78 is 5.79. The van der Waals surface area contributed by atoms with Crippen LogP contribution in [0.3, 0.4) is 0 Å². The Morgan fingerprint density at radius 2 is 1.87 bits per heavy atom. The van der Waals surface area contributed by atoms with Gasteiger partial charge in [-0.05, 0) is 37.0 Å². The first-order valence-electron chi connectivity index (χ1n) is 6.30. The lowest BCUT2D eigenvalue weighted by Gasteiger charge is -2.35. The minimum Gasteiger partial charge on any atom is -0.390 e. The lowest BCUT2D eigenvalue weighted by molar-refractivity contribution is -0.0826. The lowest BCUT2D eigenvalue weighted by Crippen LogP contribution is -2.38. The van der Waals surface area contributed by atoms with Gasteiger partial charge in [-0.15, -0.1) is 0 Å². The Morgan fingerprint density at radius 3 is 2.40 bits per heavy atom. The van der Waals surface area contributed by atoms with Gasteiger partial charge in [0, 0.05) is 6.61 Å². The van der Waals surface area contributed by atoms with E-state index in [4.69, 9.17) is 4.74 Å². The van der Waals surface area contributed by atoms with Crippen molar-refractivity contribution in [2.75, 3.05) is 6.61 Å². The molecule has 1 saturated carbocycles. The van der Waals surface area contributed by atoms with Crippen LogP contribution in [0.2, 0.25) is 0 Å². The fourth-order valence-electron chi connectivity index (χ4n) is 2.24. The number of rotatable bonds is 4. The van der Waals surface area contributed by atoms with Gasteiger partial charge in [0.05, 0.1) is 12.2 Å². The summed E-state index contributed by atoms with van der Waals surface area (Å²) in [6.45, 7) is 9.60. The second-order valence-electron chi connectivity index (χ2n) is 5.65. The third-order valence-electron chi connectivity index (χ3n) is 3.38. The highest BCUT2D eigenvalue weighted by Crippen LogP contribution is 2.31. The molecule has 0 radical (unpaired) electrons. The molecule has 0 aromatic heterocycles. The van der Waals surface area contributed by atoms with Gasteiger partial charge in [-0.25, -0.2) is 0 Å². The summed E-state index contributed by atoms with van der Waals surface area (Å²) >= 11 is 0. The molecule has 0 aliphatic heterocycles. The molecular formula is C13H26O2. The van der Waals surface area contributed by atoms with Gasteiger partial charge in [-0.2, -0.15) is 0 Å². The van der Waals surface area contributed by atoms with Crippen LogP contribution < -0.4 is 0 Å². The molecule has 0 aromatic rings. The fourth-order valence-corrected chi connectivity index (χ4v) is 2.24. The zero-order chi connectivity index (χ0) is 11.4. The highest BCUT2D eigenvalue weighted by atomic mass is 16.5. The van der Waals surface area contributed by atoms with Gasteiger partial charge in [0.25, 0.3) is 0 Å². The average molecular weight is 214 g/mol. The predicted octanol–water partition coefficient (Wildman–Crippen LogP) is 2.84. The second kappa shape index (κ2) is 5.86. The molecule has 15 heavy (non-hydrogen) atoms. The van der Waals surface area contributed by atoms with Crippen LogP contribution in [-0.4, -0.2) is 23.9 Å². The van der Waals surface area contributed by atoms with Gasteiger partial charge >= 0.3 is 0 Å². The minimum atomic E-state index is -0.237. The minimum absolute atomic E-state index is 0.0774. The van der Waals surface area contributed by atoms with Crippen molar-refractivity contribution in [2.24, 2.45) is 17.8 Å². The van der Waals surface area contributed by atoms with E-state index in [1.807, 2.05) is 0 Å². The van der Waals surface area contributed by atoms with Gasteiger partial charge in [0.2, 0.25) is 0 Å². The largest absolute Gasteiger partial charge is 0.390 e. The number of aliphatic hydroxyl groups excluding tert-OH is 1. The standard InChI is InChI=1S/C13H26O2/c1-9(2)8-15-13-7-11(10(3)4)5-6-12(13)14/h9-14H,5-8H2,1-4H3. The summed E-state index contributed by atoms with van der Waals surface area (Å²) in [6, 6.07) is 0. The Balaban J connectivity index is 2.39. The van der Waals surface area contributed by atoms with Crippen molar-refractivity contribution >= 4 is 0 Å². The van der Waals surface area contributed by atoms with Gasteiger partial charge in [0.1, 0.15) is 0 Å². The summed E-state index contributed by atoms with van der Waals surface area (Å²) in [5.74, 6) is 1.99. The normalized spacial score (nSPS) is 32.6. The second-order valence-corrected chi connectivity index (χ2v) is 5.65. The van der Waals surface area contributed by atoms with Crippen molar-refractivity contribution in [1.29, 1.82) is 0 Å². The van der Waals surface area contributed by atoms with Crippen LogP contribution in [0.1, 0.15) is 47.0 Å². The van der Waals surface area contributed by atoms with Crippen LogP contribution >= 0.6 is 0 Å². The Bertz CT molecular complexity index is 177. The molecule has 1 N–H and O–H groups in total. The van der Waals surface area contributed by atoms with E-state index >= 15 is 0 Å². The maximum absolute atomic E-state index is 9.86. The highest BCUT2D eigenvalue weighted by Gasteiger charge is 2.31. The first-order chi connectivity index (χ1) is 7.00. The smallest absolute Gasteiger partial charge is 0.0836 e. The quantitative estimate of drug-likeness (QED) is 0.779. The van der Waals surface area contributed by atoms with Crippen LogP contribution in [0.4, 0.5) is 0 Å². The van der Waals surface area contributed by atoms with Gasteiger partial charge in [-0.1, -0.05) is 27.7 Å². The zero-order valence-electron chi connectivity index (χ0n) is 10.6. The van der Waals surface area contributed by atoms with Crippen LogP contribution in [0.5, 0.6) is 0 Å². The molecule has 1 aliphatic rings. The van der Waals surface area contributed by atoms with Crippen molar-refractivity contribution in [3.63, 3.8) is 0 Å². The summed E-state index contributed by atoms with van der Waals surface area (Å²) in [6.07, 6.45) is 2.93. The molecule has 0 aromatic carbocycles. The van der Waals surface area contributed by atoms with Crippen LogP contribution in [-0.2, 0) is 4.74 Å². The number of hydrogen-bond acceptors (Lipinski definition) is 2. The topological polar surface area (TPSA) is 29.5 Å².